The van der Waals surface area contributed by atoms with Crippen LogP contribution < -0.4 is 15.9 Å². The minimum Gasteiger partial charge on any atom is -0.462 e. The Morgan fingerprint density at radius 2 is 1.49 bits per heavy atom. The van der Waals surface area contributed by atoms with Crippen LogP contribution in [-0.2, 0) is 52.0 Å². The molecule has 18 nitrogen and oxygen atoms in total. The maximum atomic E-state index is 14.3. The number of carbonyl (C=O) groups is 4. The van der Waals surface area contributed by atoms with Crippen LogP contribution in [0.25, 0.3) is 5.52 Å². The Balaban J connectivity index is 2.63. The zero-order chi connectivity index (χ0) is 35.7. The van der Waals surface area contributed by atoms with Gasteiger partial charge in [-0.3, -0.25) is 23.7 Å². The molecule has 2 heterocycles. The molecule has 0 saturated carbocycles. The van der Waals surface area contributed by atoms with Crippen molar-refractivity contribution >= 4 is 42.9 Å². The van der Waals surface area contributed by atoms with Gasteiger partial charge in [-0.1, -0.05) is 0 Å². The molecule has 0 amide bonds. The van der Waals surface area contributed by atoms with Gasteiger partial charge in [-0.25, -0.2) is 19.7 Å². The summed E-state index contributed by atoms with van der Waals surface area (Å²) in [4.78, 5) is 53.9. The number of hydrogen-bond donors (Lipinski definition) is 3. The normalized spacial score (nSPS) is 15.6. The number of anilines is 1. The molecule has 4 N–H and O–H groups in total. The van der Waals surface area contributed by atoms with Crippen molar-refractivity contribution in [3.05, 3.63) is 24.2 Å². The number of rotatable bonds is 17. The first kappa shape index (κ1) is 39.0. The molecule has 0 unspecified atom stereocenters. The number of esters is 4. The Morgan fingerprint density at radius 1 is 0.957 bits per heavy atom. The third-order valence-corrected chi connectivity index (χ3v) is 8.22. The van der Waals surface area contributed by atoms with E-state index in [1.165, 1.54) is 30.5 Å². The van der Waals surface area contributed by atoms with Crippen LogP contribution in [0.1, 0.15) is 67.2 Å². The highest BCUT2D eigenvalue weighted by molar-refractivity contribution is 7.54. The van der Waals surface area contributed by atoms with Crippen LogP contribution in [0.15, 0.2) is 18.5 Å². The van der Waals surface area contributed by atoms with Gasteiger partial charge in [-0.15, -0.1) is 0 Å². The highest BCUT2D eigenvalue weighted by Gasteiger charge is 2.52. The van der Waals surface area contributed by atoms with Gasteiger partial charge in [0.1, 0.15) is 36.6 Å². The number of hydrogen-bond acceptors (Lipinski definition) is 15. The van der Waals surface area contributed by atoms with Crippen molar-refractivity contribution in [2.75, 3.05) is 19.5 Å². The Hall–Kier alpha value is -4.14. The molecule has 0 spiro atoms. The van der Waals surface area contributed by atoms with E-state index in [-0.39, 0.29) is 11.5 Å². The molecule has 2 aromatic heterocycles. The van der Waals surface area contributed by atoms with Crippen molar-refractivity contribution in [2.24, 2.45) is 0 Å². The highest BCUT2D eigenvalue weighted by Crippen LogP contribution is 2.43. The second kappa shape index (κ2) is 16.6. The molecular weight excluding hydrogens is 641 g/mol. The van der Waals surface area contributed by atoms with Crippen molar-refractivity contribution in [1.29, 1.82) is 5.26 Å². The zero-order valence-electron chi connectivity index (χ0n) is 27.7. The molecule has 0 aliphatic rings. The van der Waals surface area contributed by atoms with Crippen molar-refractivity contribution in [2.45, 2.75) is 97.5 Å². The quantitative estimate of drug-likeness (QED) is 0.122. The lowest BCUT2D eigenvalue weighted by Crippen LogP contribution is -2.53. The van der Waals surface area contributed by atoms with Gasteiger partial charge < -0.3 is 33.9 Å². The fourth-order valence-electron chi connectivity index (χ4n) is 4.21. The van der Waals surface area contributed by atoms with Gasteiger partial charge in [0.25, 0.3) is 0 Å². The van der Waals surface area contributed by atoms with Gasteiger partial charge >= 0.3 is 31.5 Å². The molecule has 0 fully saturated rings. The molecule has 19 heteroatoms. The van der Waals surface area contributed by atoms with Crippen LogP contribution in [0, 0.1) is 11.3 Å². The lowest BCUT2D eigenvalue weighted by Gasteiger charge is -2.37. The van der Waals surface area contributed by atoms with E-state index in [0.29, 0.717) is 5.52 Å². The molecule has 260 valence electrons. The van der Waals surface area contributed by atoms with E-state index in [1.807, 2.05) is 6.07 Å². The summed E-state index contributed by atoms with van der Waals surface area (Å²) in [5, 5.41) is 19.7. The van der Waals surface area contributed by atoms with Crippen molar-refractivity contribution < 1.29 is 52.0 Å². The molecule has 0 aromatic carbocycles. The van der Waals surface area contributed by atoms with Gasteiger partial charge in [0.2, 0.25) is 5.60 Å². The molecular formula is C28H42N7O11P. The largest absolute Gasteiger partial charge is 0.462 e. The van der Waals surface area contributed by atoms with E-state index in [9.17, 15) is 29.0 Å². The van der Waals surface area contributed by atoms with Gasteiger partial charge in [-0.2, -0.15) is 10.4 Å². The van der Waals surface area contributed by atoms with Gasteiger partial charge in [0, 0.05) is 21.0 Å². The summed E-state index contributed by atoms with van der Waals surface area (Å²) in [6, 6.07) is 2.35. The molecule has 0 radical (unpaired) electrons. The third kappa shape index (κ3) is 10.4. The number of carbonyl (C=O) groups excluding carboxylic acids is 4. The molecule has 0 saturated heterocycles. The van der Waals surface area contributed by atoms with Crippen LogP contribution in [0.2, 0.25) is 0 Å². The van der Waals surface area contributed by atoms with Crippen LogP contribution in [-0.4, -0.2) is 88.2 Å². The maximum absolute atomic E-state index is 14.3. The summed E-state index contributed by atoms with van der Waals surface area (Å²) in [7, 11) is -3.43. The first-order chi connectivity index (χ1) is 21.9. The van der Waals surface area contributed by atoms with Crippen molar-refractivity contribution in [3.63, 3.8) is 0 Å². The van der Waals surface area contributed by atoms with E-state index in [0.717, 1.165) is 27.3 Å². The topological polar surface area (TPSA) is 245 Å². The molecule has 2 aromatic rings. The van der Waals surface area contributed by atoms with Crippen LogP contribution >= 0.6 is 7.67 Å². The lowest BCUT2D eigenvalue weighted by atomic mass is 9.92. The molecule has 0 aliphatic heterocycles. The summed E-state index contributed by atoms with van der Waals surface area (Å²) in [5.41, 5.74) is 4.02. The highest BCUT2D eigenvalue weighted by atomic mass is 31.2. The second-order valence-electron chi connectivity index (χ2n) is 11.0. The lowest BCUT2D eigenvalue weighted by molar-refractivity contribution is -0.191. The minimum atomic E-state index is -4.51. The maximum Gasteiger partial charge on any atom is 0.342 e. The number of nitrogens with one attached hydrogen (secondary N) is 2. The fourth-order valence-corrected chi connectivity index (χ4v) is 6.03. The first-order valence-electron chi connectivity index (χ1n) is 14.5. The van der Waals surface area contributed by atoms with Gasteiger partial charge in [-0.05, 0) is 53.7 Å². The summed E-state index contributed by atoms with van der Waals surface area (Å²) in [5.74, 6) is -3.26. The number of nitrogen functional groups attached to an aromatic ring is 1. The standard InChI is InChI=1S/C28H42N7O11P/c1-15(2)43-26(38)17(5)33-47(40,34-18(6)27(39)44-16(3)4)42-13-28(12-29,41-9)24(46-20(8)37)23(45-19(7)36)21-10-11-22-25(30)31-14-32-35(21)22/h10-11,14-18,23-24H,13H2,1-9H3,(H2,30,31,32)(H2,33,34,40)/t17-,18-,23-,24-,28+/m0/s1. The zero-order valence-corrected chi connectivity index (χ0v) is 28.6. The number of methoxy groups -OCH3 is 1. The number of nitrogens with two attached hydrogens (primary N) is 1. The molecule has 47 heavy (non-hydrogen) atoms. The second-order valence-corrected chi connectivity index (χ2v) is 12.8. The SMILES string of the molecule is CO[C@](C#N)(COP(=O)(N[C@@H](C)C(=O)OC(C)C)N[C@@H](C)C(=O)OC(C)C)[C@@H](OC(C)=O)[C@@H](OC(C)=O)c1ccc2c(N)ncnn12. The summed E-state index contributed by atoms with van der Waals surface area (Å²) in [6.07, 6.45) is -3.23. The summed E-state index contributed by atoms with van der Waals surface area (Å²) < 4.78 is 48.3. The summed E-state index contributed by atoms with van der Waals surface area (Å²) in [6.45, 7) is 10.4. The van der Waals surface area contributed by atoms with E-state index < -0.39 is 80.3 Å². The number of fused-ring (bicyclic) bond motifs is 1. The average Bonchev–Trinajstić information content (AvgIpc) is 3.40. The average molecular weight is 684 g/mol. The van der Waals surface area contributed by atoms with E-state index in [4.69, 9.17) is 33.9 Å². The van der Waals surface area contributed by atoms with Gasteiger partial charge in [0.05, 0.1) is 17.9 Å². The van der Waals surface area contributed by atoms with E-state index in [2.05, 4.69) is 20.3 Å². The Morgan fingerprint density at radius 3 is 1.94 bits per heavy atom. The Kier molecular flexibility index (Phi) is 13.8. The first-order valence-corrected chi connectivity index (χ1v) is 16.1. The molecule has 0 bridgehead atoms. The third-order valence-electron chi connectivity index (χ3n) is 6.28. The van der Waals surface area contributed by atoms with Crippen LogP contribution in [0.4, 0.5) is 5.82 Å². The number of aromatic nitrogens is 3. The fraction of sp³-hybridized carbons (Fsp3) is 0.607. The Bertz CT molecular complexity index is 1490. The monoisotopic (exact) mass is 683 g/mol. The van der Waals surface area contributed by atoms with Gasteiger partial charge in [0.15, 0.2) is 18.0 Å². The van der Waals surface area contributed by atoms with Crippen LogP contribution in [0.5, 0.6) is 0 Å². The molecule has 2 rings (SSSR count). The van der Waals surface area contributed by atoms with Crippen LogP contribution in [0.3, 0.4) is 0 Å². The number of nitrogens with zero attached hydrogens (tertiary/aromatic N) is 4. The predicted molar refractivity (Wildman–Crippen MR) is 164 cm³/mol. The van der Waals surface area contributed by atoms with Crippen molar-refractivity contribution in [3.8, 4) is 6.07 Å². The summed E-state index contributed by atoms with van der Waals surface area (Å²) >= 11 is 0. The van der Waals surface area contributed by atoms with E-state index in [1.54, 1.807) is 27.7 Å². The molecule has 5 atom stereocenters. The van der Waals surface area contributed by atoms with Crippen molar-refractivity contribution in [1.82, 2.24) is 24.8 Å². The minimum absolute atomic E-state index is 0.0757. The molecule has 0 aliphatic carbocycles. The number of ether oxygens (including phenoxy) is 5. The van der Waals surface area contributed by atoms with E-state index >= 15 is 0 Å². The number of nitriles is 1. The predicted octanol–water partition coefficient (Wildman–Crippen LogP) is 1.74. The Labute approximate surface area is 272 Å². The smallest absolute Gasteiger partial charge is 0.342 e.